The van der Waals surface area contributed by atoms with Gasteiger partial charge in [-0.05, 0) is 19.4 Å². The van der Waals surface area contributed by atoms with Crippen LogP contribution >= 0.6 is 0 Å². The Morgan fingerprint density at radius 2 is 2.00 bits per heavy atom. The Hall–Kier alpha value is -1.30. The molecule has 2 nitrogen and oxygen atoms in total. The Balaban J connectivity index is 2.47. The van der Waals surface area contributed by atoms with Crippen LogP contribution in [0.1, 0.15) is 31.4 Å². The molecule has 0 aliphatic carbocycles. The molecule has 1 atom stereocenters. The van der Waals surface area contributed by atoms with Crippen molar-refractivity contribution in [2.45, 2.75) is 32.0 Å². The Labute approximate surface area is 103 Å². The first kappa shape index (κ1) is 14.8. The predicted octanol–water partition coefficient (Wildman–Crippen LogP) is 3.57. The maximum absolute atomic E-state index is 13.5. The van der Waals surface area contributed by atoms with E-state index < -0.39 is 24.5 Å². The zero-order valence-electron chi connectivity index (χ0n) is 9.93. The molecule has 0 aliphatic rings. The topological polar surface area (TPSA) is 35.2 Å². The molecule has 0 amide bonds. The lowest BCUT2D eigenvalue weighted by molar-refractivity contribution is -0.136. The first-order chi connectivity index (χ1) is 8.29. The molecule has 0 radical (unpaired) electrons. The molecule has 0 heterocycles. The Bertz CT molecular complexity index is 390. The first-order valence-corrected chi connectivity index (χ1v) is 5.54. The maximum Gasteiger partial charge on any atom is 0.389 e. The van der Waals surface area contributed by atoms with Crippen molar-refractivity contribution in [3.63, 3.8) is 0 Å². The van der Waals surface area contributed by atoms with Crippen molar-refractivity contribution >= 4 is 0 Å². The molecule has 0 fully saturated rings. The second-order valence-corrected chi connectivity index (χ2v) is 4.04. The van der Waals surface area contributed by atoms with Crippen molar-refractivity contribution in [3.05, 3.63) is 29.6 Å². The van der Waals surface area contributed by atoms with Crippen LogP contribution in [0.5, 0.6) is 5.75 Å². The number of alkyl halides is 3. The van der Waals surface area contributed by atoms with Gasteiger partial charge in [0.1, 0.15) is 11.6 Å². The van der Waals surface area contributed by atoms with Crippen LogP contribution in [0.2, 0.25) is 0 Å². The van der Waals surface area contributed by atoms with Gasteiger partial charge in [0.15, 0.2) is 0 Å². The molecule has 102 valence electrons. The molecular formula is C12H15F4NO. The molecule has 1 aromatic rings. The van der Waals surface area contributed by atoms with Gasteiger partial charge in [0, 0.05) is 24.1 Å². The zero-order valence-corrected chi connectivity index (χ0v) is 9.93. The van der Waals surface area contributed by atoms with Crippen LogP contribution in [0.4, 0.5) is 17.6 Å². The van der Waals surface area contributed by atoms with E-state index in [1.54, 1.807) is 6.92 Å². The van der Waals surface area contributed by atoms with E-state index in [-0.39, 0.29) is 18.8 Å². The van der Waals surface area contributed by atoms with Crippen LogP contribution in [-0.4, -0.2) is 12.8 Å². The number of benzene rings is 1. The van der Waals surface area contributed by atoms with Crippen LogP contribution in [0.25, 0.3) is 0 Å². The minimum Gasteiger partial charge on any atom is -0.493 e. The fourth-order valence-electron chi connectivity index (χ4n) is 1.43. The zero-order chi connectivity index (χ0) is 13.8. The highest BCUT2D eigenvalue weighted by Crippen LogP contribution is 2.23. The van der Waals surface area contributed by atoms with Crippen LogP contribution in [0.3, 0.4) is 0 Å². The van der Waals surface area contributed by atoms with E-state index in [1.165, 1.54) is 12.1 Å². The quantitative estimate of drug-likeness (QED) is 0.652. The van der Waals surface area contributed by atoms with Crippen molar-refractivity contribution in [2.24, 2.45) is 5.73 Å². The smallest absolute Gasteiger partial charge is 0.389 e. The highest BCUT2D eigenvalue weighted by atomic mass is 19.4. The van der Waals surface area contributed by atoms with Gasteiger partial charge in [0.2, 0.25) is 0 Å². The summed E-state index contributed by atoms with van der Waals surface area (Å²) in [7, 11) is 0. The summed E-state index contributed by atoms with van der Waals surface area (Å²) in [5, 5.41) is 0. The number of hydrogen-bond donors (Lipinski definition) is 1. The lowest BCUT2D eigenvalue weighted by Crippen LogP contribution is -2.10. The summed E-state index contributed by atoms with van der Waals surface area (Å²) in [6.07, 6.45) is -5.25. The van der Waals surface area contributed by atoms with Gasteiger partial charge in [-0.25, -0.2) is 4.39 Å². The van der Waals surface area contributed by atoms with Gasteiger partial charge < -0.3 is 10.5 Å². The minimum atomic E-state index is -4.19. The van der Waals surface area contributed by atoms with E-state index in [4.69, 9.17) is 10.5 Å². The van der Waals surface area contributed by atoms with Crippen LogP contribution in [-0.2, 0) is 0 Å². The Morgan fingerprint density at radius 1 is 1.33 bits per heavy atom. The van der Waals surface area contributed by atoms with Gasteiger partial charge in [-0.2, -0.15) is 13.2 Å². The SMILES string of the molecule is C[C@@H](N)c1ccc(OCCCC(F)(F)F)cc1F. The van der Waals surface area contributed by atoms with Gasteiger partial charge in [-0.1, -0.05) is 6.07 Å². The number of nitrogens with two attached hydrogens (primary N) is 1. The van der Waals surface area contributed by atoms with Crippen molar-refractivity contribution in [3.8, 4) is 5.75 Å². The second-order valence-electron chi connectivity index (χ2n) is 4.04. The fourth-order valence-corrected chi connectivity index (χ4v) is 1.43. The summed E-state index contributed by atoms with van der Waals surface area (Å²) in [5.74, 6) is -0.308. The molecule has 6 heteroatoms. The third kappa shape index (κ3) is 4.91. The maximum atomic E-state index is 13.5. The van der Waals surface area contributed by atoms with E-state index in [2.05, 4.69) is 0 Å². The first-order valence-electron chi connectivity index (χ1n) is 5.54. The largest absolute Gasteiger partial charge is 0.493 e. The molecule has 0 unspecified atom stereocenters. The molecular weight excluding hydrogens is 250 g/mol. The van der Waals surface area contributed by atoms with Gasteiger partial charge in [-0.15, -0.1) is 0 Å². The molecule has 0 bridgehead atoms. The summed E-state index contributed by atoms with van der Waals surface area (Å²) < 4.78 is 54.1. The summed E-state index contributed by atoms with van der Waals surface area (Å²) in [5.41, 5.74) is 5.87. The predicted molar refractivity (Wildman–Crippen MR) is 59.8 cm³/mol. The summed E-state index contributed by atoms with van der Waals surface area (Å²) in [6.45, 7) is 1.54. The molecule has 0 saturated carbocycles. The molecule has 0 aliphatic heterocycles. The average molecular weight is 265 g/mol. The van der Waals surface area contributed by atoms with E-state index in [0.29, 0.717) is 5.56 Å². The summed E-state index contributed by atoms with van der Waals surface area (Å²) in [6, 6.07) is 3.66. The number of halogens is 4. The highest BCUT2D eigenvalue weighted by molar-refractivity contribution is 5.30. The van der Waals surface area contributed by atoms with Crippen molar-refractivity contribution in [1.82, 2.24) is 0 Å². The summed E-state index contributed by atoms with van der Waals surface area (Å²) >= 11 is 0. The molecule has 2 N–H and O–H groups in total. The molecule has 18 heavy (non-hydrogen) atoms. The number of ether oxygens (including phenoxy) is 1. The van der Waals surface area contributed by atoms with Gasteiger partial charge in [0.25, 0.3) is 0 Å². The van der Waals surface area contributed by atoms with Crippen LogP contribution in [0, 0.1) is 5.82 Å². The Morgan fingerprint density at radius 3 is 2.50 bits per heavy atom. The Kier molecular flexibility index (Phi) is 4.95. The lowest BCUT2D eigenvalue weighted by atomic mass is 10.1. The van der Waals surface area contributed by atoms with Crippen molar-refractivity contribution in [2.75, 3.05) is 6.61 Å². The standard InChI is InChI=1S/C12H15F4NO/c1-8(17)10-4-3-9(7-11(10)13)18-6-2-5-12(14,15)16/h3-4,7-8H,2,5-6,17H2,1H3/t8-/m1/s1. The van der Waals surface area contributed by atoms with Crippen LogP contribution in [0.15, 0.2) is 18.2 Å². The average Bonchev–Trinajstić information content (AvgIpc) is 2.22. The molecule has 0 saturated heterocycles. The molecule has 0 spiro atoms. The lowest BCUT2D eigenvalue weighted by Gasteiger charge is -2.11. The monoisotopic (exact) mass is 265 g/mol. The van der Waals surface area contributed by atoms with E-state index in [9.17, 15) is 17.6 Å². The molecule has 0 aromatic heterocycles. The minimum absolute atomic E-state index is 0.101. The second kappa shape index (κ2) is 6.04. The van der Waals surface area contributed by atoms with E-state index >= 15 is 0 Å². The highest BCUT2D eigenvalue weighted by Gasteiger charge is 2.26. The third-order valence-corrected chi connectivity index (χ3v) is 2.34. The molecule has 1 rings (SSSR count). The number of rotatable bonds is 5. The fraction of sp³-hybridized carbons (Fsp3) is 0.500. The van der Waals surface area contributed by atoms with E-state index in [1.807, 2.05) is 0 Å². The van der Waals surface area contributed by atoms with Crippen molar-refractivity contribution in [1.29, 1.82) is 0 Å². The van der Waals surface area contributed by atoms with Gasteiger partial charge in [0.05, 0.1) is 6.61 Å². The summed E-state index contributed by atoms with van der Waals surface area (Å²) in [4.78, 5) is 0. The van der Waals surface area contributed by atoms with Crippen LogP contribution < -0.4 is 10.5 Å². The van der Waals surface area contributed by atoms with Gasteiger partial charge in [-0.3, -0.25) is 0 Å². The third-order valence-electron chi connectivity index (χ3n) is 2.34. The number of hydrogen-bond acceptors (Lipinski definition) is 2. The van der Waals surface area contributed by atoms with Gasteiger partial charge >= 0.3 is 6.18 Å². The molecule has 1 aromatic carbocycles. The van der Waals surface area contributed by atoms with Crippen molar-refractivity contribution < 1.29 is 22.3 Å². The normalized spacial score (nSPS) is 13.4. The van der Waals surface area contributed by atoms with E-state index in [0.717, 1.165) is 6.07 Å².